The van der Waals surface area contributed by atoms with Crippen LogP contribution in [0.3, 0.4) is 0 Å². The minimum atomic E-state index is -0.428. The number of amides is 1. The van der Waals surface area contributed by atoms with Gasteiger partial charge in [-0.15, -0.1) is 0 Å². The first-order chi connectivity index (χ1) is 14.0. The zero-order valence-electron chi connectivity index (χ0n) is 16.7. The molecule has 7 nitrogen and oxygen atoms in total. The number of rotatable bonds is 6. The smallest absolute Gasteiger partial charge is 0.255 e. The van der Waals surface area contributed by atoms with Gasteiger partial charge in [0.15, 0.2) is 5.11 Å². The highest BCUT2D eigenvalue weighted by atomic mass is 32.1. The second-order valence-electron chi connectivity index (χ2n) is 6.37. The van der Waals surface area contributed by atoms with E-state index in [1.54, 1.807) is 32.4 Å². The quantitative estimate of drug-likeness (QED) is 0.628. The van der Waals surface area contributed by atoms with Gasteiger partial charge in [0.2, 0.25) is 0 Å². The Hall–Kier alpha value is -3.26. The van der Waals surface area contributed by atoms with Crippen LogP contribution in [0.25, 0.3) is 0 Å². The number of hydrogen-bond acceptors (Lipinski definition) is 5. The lowest BCUT2D eigenvalue weighted by Crippen LogP contribution is -2.45. The lowest BCUT2D eigenvalue weighted by molar-refractivity contribution is -0.113. The van der Waals surface area contributed by atoms with Crippen molar-refractivity contribution in [1.29, 1.82) is 0 Å². The summed E-state index contributed by atoms with van der Waals surface area (Å²) < 4.78 is 15.9. The van der Waals surface area contributed by atoms with Crippen molar-refractivity contribution < 1.29 is 19.0 Å². The van der Waals surface area contributed by atoms with E-state index < -0.39 is 6.04 Å². The van der Waals surface area contributed by atoms with Gasteiger partial charge in [0.1, 0.15) is 17.2 Å². The largest absolute Gasteiger partial charge is 0.497 e. The fourth-order valence-electron chi connectivity index (χ4n) is 3.16. The molecule has 3 rings (SSSR count). The Balaban J connectivity index is 1.96. The van der Waals surface area contributed by atoms with E-state index in [4.69, 9.17) is 26.4 Å². The van der Waals surface area contributed by atoms with Gasteiger partial charge in [-0.2, -0.15) is 0 Å². The van der Waals surface area contributed by atoms with E-state index in [9.17, 15) is 4.79 Å². The Morgan fingerprint density at radius 3 is 2.45 bits per heavy atom. The number of nitrogens with one attached hydrogen (secondary N) is 3. The summed E-state index contributed by atoms with van der Waals surface area (Å²) in [4.78, 5) is 13.2. The molecule has 29 heavy (non-hydrogen) atoms. The number of carbonyl (C=O) groups excluding carboxylic acids is 1. The van der Waals surface area contributed by atoms with Crippen LogP contribution in [-0.4, -0.2) is 32.3 Å². The van der Waals surface area contributed by atoms with Crippen LogP contribution < -0.4 is 30.2 Å². The summed E-state index contributed by atoms with van der Waals surface area (Å²) >= 11 is 5.30. The van der Waals surface area contributed by atoms with Crippen molar-refractivity contribution in [2.45, 2.75) is 13.0 Å². The van der Waals surface area contributed by atoms with E-state index >= 15 is 0 Å². The average molecular weight is 413 g/mol. The first-order valence-electron chi connectivity index (χ1n) is 8.92. The molecule has 152 valence electrons. The molecule has 3 N–H and O–H groups in total. The number of allylic oxidation sites excluding steroid dienone is 1. The average Bonchev–Trinajstić information content (AvgIpc) is 2.73. The van der Waals surface area contributed by atoms with E-state index in [0.717, 1.165) is 5.56 Å². The summed E-state index contributed by atoms with van der Waals surface area (Å²) in [6, 6.07) is 12.3. The summed E-state index contributed by atoms with van der Waals surface area (Å²) in [6.45, 7) is 1.82. The van der Waals surface area contributed by atoms with Crippen LogP contribution in [0.5, 0.6) is 17.2 Å². The summed E-state index contributed by atoms with van der Waals surface area (Å²) in [7, 11) is 4.71. The van der Waals surface area contributed by atoms with E-state index in [0.29, 0.717) is 39.3 Å². The fraction of sp³-hybridized carbons (Fsp3) is 0.238. The van der Waals surface area contributed by atoms with E-state index in [1.165, 1.54) is 7.11 Å². The van der Waals surface area contributed by atoms with Crippen LogP contribution in [0.4, 0.5) is 5.69 Å². The Morgan fingerprint density at radius 1 is 1.03 bits per heavy atom. The number of hydrogen-bond donors (Lipinski definition) is 3. The fourth-order valence-corrected chi connectivity index (χ4v) is 3.43. The summed E-state index contributed by atoms with van der Waals surface area (Å²) in [5, 5.41) is 9.58. The van der Waals surface area contributed by atoms with Crippen molar-refractivity contribution in [3.8, 4) is 17.2 Å². The highest BCUT2D eigenvalue weighted by Gasteiger charge is 2.30. The van der Waals surface area contributed by atoms with Gasteiger partial charge in [0.25, 0.3) is 5.91 Å². The predicted octanol–water partition coefficient (Wildman–Crippen LogP) is 3.14. The molecule has 1 aliphatic rings. The molecule has 0 saturated heterocycles. The molecule has 0 saturated carbocycles. The molecule has 0 fully saturated rings. The van der Waals surface area contributed by atoms with E-state index in [1.807, 2.05) is 31.2 Å². The predicted molar refractivity (Wildman–Crippen MR) is 115 cm³/mol. The molecule has 1 amide bonds. The molecule has 8 heteroatoms. The molecule has 0 radical (unpaired) electrons. The molecule has 1 aliphatic heterocycles. The van der Waals surface area contributed by atoms with Crippen LogP contribution in [0.2, 0.25) is 0 Å². The Kier molecular flexibility index (Phi) is 6.23. The maximum absolute atomic E-state index is 13.2. The zero-order valence-corrected chi connectivity index (χ0v) is 17.5. The van der Waals surface area contributed by atoms with Crippen LogP contribution >= 0.6 is 12.2 Å². The lowest BCUT2D eigenvalue weighted by Gasteiger charge is -2.30. The Morgan fingerprint density at radius 2 is 1.76 bits per heavy atom. The Bertz CT molecular complexity index is 974. The van der Waals surface area contributed by atoms with Crippen LogP contribution in [0.15, 0.2) is 53.7 Å². The molecule has 0 aromatic heterocycles. The van der Waals surface area contributed by atoms with Crippen LogP contribution in [0, 0.1) is 0 Å². The third-order valence-electron chi connectivity index (χ3n) is 4.60. The number of benzene rings is 2. The van der Waals surface area contributed by atoms with Crippen molar-refractivity contribution in [3.63, 3.8) is 0 Å². The molecule has 1 heterocycles. The first-order valence-corrected chi connectivity index (χ1v) is 9.33. The number of ether oxygens (including phenoxy) is 3. The molecule has 2 aromatic carbocycles. The maximum Gasteiger partial charge on any atom is 0.255 e. The van der Waals surface area contributed by atoms with E-state index in [-0.39, 0.29) is 5.91 Å². The standard InChI is InChI=1S/C21H23N3O4S/c1-12-18(20(25)23-16-9-8-15(27-3)11-17(16)28-4)19(24-21(29)22-12)13-6-5-7-14(10-13)26-2/h5-11,19H,1-4H3,(H,23,25)(H2,22,24,29)/t19-/m0/s1. The summed E-state index contributed by atoms with van der Waals surface area (Å²) in [6.07, 6.45) is 0. The zero-order chi connectivity index (χ0) is 21.0. The second-order valence-corrected chi connectivity index (χ2v) is 6.78. The van der Waals surface area contributed by atoms with Crippen molar-refractivity contribution in [1.82, 2.24) is 10.6 Å². The Labute approximate surface area is 175 Å². The highest BCUT2D eigenvalue weighted by Crippen LogP contribution is 2.33. The van der Waals surface area contributed by atoms with Gasteiger partial charge in [0.05, 0.1) is 38.6 Å². The third kappa shape index (κ3) is 4.43. The number of carbonyl (C=O) groups is 1. The minimum Gasteiger partial charge on any atom is -0.497 e. The van der Waals surface area contributed by atoms with Crippen molar-refractivity contribution in [2.24, 2.45) is 0 Å². The van der Waals surface area contributed by atoms with Gasteiger partial charge < -0.3 is 30.2 Å². The van der Waals surface area contributed by atoms with Gasteiger partial charge in [-0.05, 0) is 49.0 Å². The van der Waals surface area contributed by atoms with Gasteiger partial charge in [-0.1, -0.05) is 12.1 Å². The topological polar surface area (TPSA) is 80.9 Å². The number of methoxy groups -OCH3 is 3. The van der Waals surface area contributed by atoms with Crippen molar-refractivity contribution in [2.75, 3.05) is 26.6 Å². The van der Waals surface area contributed by atoms with Gasteiger partial charge in [0, 0.05) is 11.8 Å². The maximum atomic E-state index is 13.2. The van der Waals surface area contributed by atoms with Crippen LogP contribution in [-0.2, 0) is 4.79 Å². The molecule has 0 spiro atoms. The second kappa shape index (κ2) is 8.83. The lowest BCUT2D eigenvalue weighted by atomic mass is 9.94. The summed E-state index contributed by atoms with van der Waals surface area (Å²) in [5.74, 6) is 1.56. The molecule has 0 aliphatic carbocycles. The van der Waals surface area contributed by atoms with Crippen molar-refractivity contribution >= 4 is 28.9 Å². The van der Waals surface area contributed by atoms with Gasteiger partial charge >= 0.3 is 0 Å². The molecule has 0 bridgehead atoms. The van der Waals surface area contributed by atoms with E-state index in [2.05, 4.69) is 16.0 Å². The minimum absolute atomic E-state index is 0.277. The molecular weight excluding hydrogens is 390 g/mol. The molecule has 1 atom stereocenters. The molecular formula is C21H23N3O4S. The first kappa shape index (κ1) is 20.5. The highest BCUT2D eigenvalue weighted by molar-refractivity contribution is 7.80. The summed E-state index contributed by atoms with van der Waals surface area (Å²) in [5.41, 5.74) is 2.59. The van der Waals surface area contributed by atoms with Crippen molar-refractivity contribution in [3.05, 3.63) is 59.3 Å². The molecule has 2 aromatic rings. The number of thiocarbonyl (C=S) groups is 1. The normalized spacial score (nSPS) is 15.9. The monoisotopic (exact) mass is 413 g/mol. The SMILES string of the molecule is COc1cccc([C@@H]2NC(=S)NC(C)=C2C(=O)Nc2ccc(OC)cc2OC)c1. The van der Waals surface area contributed by atoms with Crippen LogP contribution in [0.1, 0.15) is 18.5 Å². The molecule has 0 unspecified atom stereocenters. The van der Waals surface area contributed by atoms with Gasteiger partial charge in [-0.3, -0.25) is 4.79 Å². The number of anilines is 1. The third-order valence-corrected chi connectivity index (χ3v) is 4.82. The van der Waals surface area contributed by atoms with Gasteiger partial charge in [-0.25, -0.2) is 0 Å².